The summed E-state index contributed by atoms with van der Waals surface area (Å²) in [6, 6.07) is -1.17. The molecule has 0 unspecified atom stereocenters. The number of rotatable bonds is 4. The maximum absolute atomic E-state index is 10.5. The van der Waals surface area contributed by atoms with Crippen molar-refractivity contribution >= 4 is 28.8 Å². The normalized spacial score (nSPS) is 15.1. The predicted molar refractivity (Wildman–Crippen MR) is 48.3 cm³/mol. The van der Waals surface area contributed by atoms with Crippen LogP contribution in [0.2, 0.25) is 0 Å². The summed E-state index contributed by atoms with van der Waals surface area (Å²) < 4.78 is 4.91. The Balaban J connectivity index is 2.34. The highest BCUT2D eigenvalue weighted by atomic mass is 35.5. The van der Waals surface area contributed by atoms with Crippen LogP contribution in [0.1, 0.15) is 0 Å². The van der Waals surface area contributed by atoms with Gasteiger partial charge >= 0.3 is 11.3 Å². The maximum Gasteiger partial charge on any atom is 0.329 e. The standard InChI is InChI=1S/C7H7ClN2O4/c8-7(13)10-4(6(11)12)3-14-5-1-2-9-5/h1-2,4H,3H2,(H,10,13)(H,11,12)/t4-/m0/s1. The lowest BCUT2D eigenvalue weighted by atomic mass is 10.3. The van der Waals surface area contributed by atoms with E-state index in [0.717, 1.165) is 0 Å². The number of halogens is 1. The lowest BCUT2D eigenvalue weighted by Gasteiger charge is -2.14. The van der Waals surface area contributed by atoms with E-state index in [2.05, 4.69) is 4.99 Å². The monoisotopic (exact) mass is 218 g/mol. The summed E-state index contributed by atoms with van der Waals surface area (Å²) in [5.74, 6) is -0.886. The number of carboxylic acids is 1. The average molecular weight is 219 g/mol. The minimum Gasteiger partial charge on any atom is -0.480 e. The molecule has 0 bridgehead atoms. The minimum atomic E-state index is -1.22. The number of hydrogen-bond acceptors (Lipinski definition) is 4. The molecule has 0 radical (unpaired) electrons. The molecular weight excluding hydrogens is 212 g/mol. The third-order valence-corrected chi connectivity index (χ3v) is 1.51. The first-order valence-electron chi connectivity index (χ1n) is 3.65. The SMILES string of the molecule is O=C(Cl)N[C@@H](COC1=NC=C1)C(=O)O. The van der Waals surface area contributed by atoms with Crippen molar-refractivity contribution in [2.45, 2.75) is 6.04 Å². The Morgan fingerprint density at radius 2 is 2.36 bits per heavy atom. The second kappa shape index (κ2) is 4.61. The van der Waals surface area contributed by atoms with Gasteiger partial charge in [-0.25, -0.2) is 9.79 Å². The Kier molecular flexibility index (Phi) is 3.47. The van der Waals surface area contributed by atoms with E-state index in [4.69, 9.17) is 21.4 Å². The number of ether oxygens (including phenoxy) is 1. The highest BCUT2D eigenvalue weighted by Gasteiger charge is 2.20. The summed E-state index contributed by atoms with van der Waals surface area (Å²) in [7, 11) is 0. The third-order valence-electron chi connectivity index (χ3n) is 1.40. The predicted octanol–water partition coefficient (Wildman–Crippen LogP) is 0.330. The van der Waals surface area contributed by atoms with Gasteiger partial charge < -0.3 is 15.2 Å². The summed E-state index contributed by atoms with van der Waals surface area (Å²) in [4.78, 5) is 24.6. The van der Waals surface area contributed by atoms with Gasteiger partial charge in [0, 0.05) is 12.3 Å². The molecule has 76 valence electrons. The molecule has 0 aromatic rings. The molecule has 0 saturated carbocycles. The van der Waals surface area contributed by atoms with Gasteiger partial charge in [-0.15, -0.1) is 0 Å². The molecule has 6 nitrogen and oxygen atoms in total. The maximum atomic E-state index is 10.5. The Labute approximate surface area is 84.2 Å². The second-order valence-electron chi connectivity index (χ2n) is 2.40. The average Bonchev–Trinajstić information content (AvgIpc) is 1.98. The highest BCUT2D eigenvalue weighted by Crippen LogP contribution is 1.99. The van der Waals surface area contributed by atoms with E-state index in [1.165, 1.54) is 6.20 Å². The van der Waals surface area contributed by atoms with Gasteiger partial charge in [0.1, 0.15) is 6.61 Å². The molecular formula is C7H7ClN2O4. The second-order valence-corrected chi connectivity index (χ2v) is 2.75. The van der Waals surface area contributed by atoms with Crippen molar-refractivity contribution in [2.24, 2.45) is 4.99 Å². The first-order chi connectivity index (χ1) is 6.59. The zero-order valence-corrected chi connectivity index (χ0v) is 7.69. The third kappa shape index (κ3) is 3.06. The van der Waals surface area contributed by atoms with Crippen LogP contribution >= 0.6 is 11.6 Å². The number of nitrogens with one attached hydrogen (secondary N) is 1. The lowest BCUT2D eigenvalue weighted by Crippen LogP contribution is -2.42. The summed E-state index contributed by atoms with van der Waals surface area (Å²) in [5, 5.41) is 9.68. The highest BCUT2D eigenvalue weighted by molar-refractivity contribution is 6.63. The van der Waals surface area contributed by atoms with Crippen molar-refractivity contribution in [3.8, 4) is 0 Å². The van der Waals surface area contributed by atoms with Gasteiger partial charge in [0.05, 0.1) is 0 Å². The molecule has 7 heteroatoms. The van der Waals surface area contributed by atoms with Crippen LogP contribution in [0.25, 0.3) is 0 Å². The zero-order chi connectivity index (χ0) is 10.6. The molecule has 1 amide bonds. The number of carbonyl (C=O) groups is 2. The van der Waals surface area contributed by atoms with Crippen molar-refractivity contribution in [2.75, 3.05) is 6.61 Å². The van der Waals surface area contributed by atoms with Crippen LogP contribution in [0.5, 0.6) is 0 Å². The number of carboxylic acid groups (broad SMARTS) is 1. The largest absolute Gasteiger partial charge is 0.480 e. The molecule has 0 fully saturated rings. The Hall–Kier alpha value is -1.56. The number of carbonyl (C=O) groups excluding carboxylic acids is 1. The topological polar surface area (TPSA) is 88.0 Å². The van der Waals surface area contributed by atoms with Crippen LogP contribution in [0.4, 0.5) is 4.79 Å². The van der Waals surface area contributed by atoms with E-state index in [1.54, 1.807) is 6.08 Å². The first-order valence-corrected chi connectivity index (χ1v) is 4.03. The Morgan fingerprint density at radius 1 is 1.71 bits per heavy atom. The van der Waals surface area contributed by atoms with Crippen LogP contribution in [0.15, 0.2) is 17.3 Å². The van der Waals surface area contributed by atoms with Crippen molar-refractivity contribution in [3.63, 3.8) is 0 Å². The lowest BCUT2D eigenvalue weighted by molar-refractivity contribution is -0.139. The number of hydrogen-bond donors (Lipinski definition) is 2. The van der Waals surface area contributed by atoms with Gasteiger partial charge in [-0.2, -0.15) is 0 Å². The van der Waals surface area contributed by atoms with Gasteiger partial charge in [-0.1, -0.05) is 0 Å². The molecule has 14 heavy (non-hydrogen) atoms. The fraction of sp³-hybridized carbons (Fsp3) is 0.286. The Bertz CT molecular complexity index is 313. The number of aliphatic imine (C=N–C) groups is 1. The minimum absolute atomic E-state index is 0.211. The molecule has 0 aliphatic carbocycles. The van der Waals surface area contributed by atoms with E-state index < -0.39 is 17.4 Å². The van der Waals surface area contributed by atoms with E-state index in [0.29, 0.717) is 5.90 Å². The molecule has 0 aromatic heterocycles. The van der Waals surface area contributed by atoms with E-state index in [-0.39, 0.29) is 6.61 Å². The molecule has 1 aliphatic rings. The molecule has 0 saturated heterocycles. The molecule has 1 heterocycles. The fourth-order valence-corrected chi connectivity index (χ4v) is 0.833. The van der Waals surface area contributed by atoms with Gasteiger partial charge in [0.15, 0.2) is 6.04 Å². The van der Waals surface area contributed by atoms with Crippen LogP contribution in [-0.4, -0.2) is 35.0 Å². The van der Waals surface area contributed by atoms with E-state index in [9.17, 15) is 9.59 Å². The van der Waals surface area contributed by atoms with Gasteiger partial charge in [0.25, 0.3) is 0 Å². The Morgan fingerprint density at radius 3 is 2.71 bits per heavy atom. The van der Waals surface area contributed by atoms with Crippen LogP contribution < -0.4 is 5.32 Å². The summed E-state index contributed by atoms with van der Waals surface area (Å²) in [6.45, 7) is -0.211. The first kappa shape index (κ1) is 10.5. The summed E-state index contributed by atoms with van der Waals surface area (Å²) >= 11 is 4.97. The molecule has 0 spiro atoms. The fourth-order valence-electron chi connectivity index (χ4n) is 0.701. The van der Waals surface area contributed by atoms with Crippen molar-refractivity contribution in [1.82, 2.24) is 5.32 Å². The van der Waals surface area contributed by atoms with Gasteiger partial charge in [-0.3, -0.25) is 4.79 Å². The van der Waals surface area contributed by atoms with Crippen molar-refractivity contribution in [3.05, 3.63) is 12.3 Å². The zero-order valence-electron chi connectivity index (χ0n) is 6.94. The molecule has 0 aromatic carbocycles. The summed E-state index contributed by atoms with van der Waals surface area (Å²) in [5.41, 5.74) is 0. The smallest absolute Gasteiger partial charge is 0.329 e. The number of amides is 1. The molecule has 2 N–H and O–H groups in total. The number of aliphatic carboxylic acids is 1. The number of nitrogens with zero attached hydrogens (tertiary/aromatic N) is 1. The van der Waals surface area contributed by atoms with Gasteiger partial charge in [0.2, 0.25) is 5.90 Å². The van der Waals surface area contributed by atoms with Crippen molar-refractivity contribution < 1.29 is 19.4 Å². The van der Waals surface area contributed by atoms with Gasteiger partial charge in [-0.05, 0) is 11.6 Å². The van der Waals surface area contributed by atoms with E-state index in [1.807, 2.05) is 5.32 Å². The molecule has 1 rings (SSSR count). The molecule has 1 aliphatic heterocycles. The van der Waals surface area contributed by atoms with Crippen LogP contribution in [0.3, 0.4) is 0 Å². The van der Waals surface area contributed by atoms with Crippen LogP contribution in [-0.2, 0) is 9.53 Å². The molecule has 1 atom stereocenters. The van der Waals surface area contributed by atoms with Crippen molar-refractivity contribution in [1.29, 1.82) is 0 Å². The summed E-state index contributed by atoms with van der Waals surface area (Å²) in [6.07, 6.45) is 3.08. The van der Waals surface area contributed by atoms with E-state index >= 15 is 0 Å². The quantitative estimate of drug-likeness (QED) is 0.526. The van der Waals surface area contributed by atoms with Crippen LogP contribution in [0, 0.1) is 0 Å².